The second-order valence-electron chi connectivity index (χ2n) is 5.20. The standard InChI is InChI=1S/C19H16N2O2S/c22-18(11-10-16-8-4-12-24-16)20-21-19(23)13-15-7-3-6-14-5-1-2-9-17(14)15/h1-12H,13H2,(H,20,22)(H,21,23)/b11-10+. The molecule has 0 saturated carbocycles. The van der Waals surface area contributed by atoms with Crippen molar-refractivity contribution in [3.05, 3.63) is 76.5 Å². The van der Waals surface area contributed by atoms with Crippen LogP contribution in [0.25, 0.3) is 16.8 Å². The van der Waals surface area contributed by atoms with Crippen molar-refractivity contribution in [2.24, 2.45) is 0 Å². The fourth-order valence-electron chi connectivity index (χ4n) is 2.38. The molecule has 0 radical (unpaired) electrons. The van der Waals surface area contributed by atoms with Crippen molar-refractivity contribution in [1.82, 2.24) is 10.9 Å². The number of carbonyl (C=O) groups is 2. The summed E-state index contributed by atoms with van der Waals surface area (Å²) in [5, 5.41) is 4.06. The molecule has 0 saturated heterocycles. The number of benzene rings is 2. The normalized spacial score (nSPS) is 10.8. The van der Waals surface area contributed by atoms with Crippen LogP contribution in [0.3, 0.4) is 0 Å². The van der Waals surface area contributed by atoms with Gasteiger partial charge in [-0.25, -0.2) is 0 Å². The van der Waals surface area contributed by atoms with Crippen molar-refractivity contribution in [1.29, 1.82) is 0 Å². The zero-order valence-corrected chi connectivity index (χ0v) is 13.7. The third-order valence-corrected chi connectivity index (χ3v) is 4.34. The van der Waals surface area contributed by atoms with E-state index in [4.69, 9.17) is 0 Å². The third-order valence-electron chi connectivity index (χ3n) is 3.50. The molecule has 1 aromatic heterocycles. The molecule has 5 heteroatoms. The maximum Gasteiger partial charge on any atom is 0.262 e. The molecule has 24 heavy (non-hydrogen) atoms. The maximum atomic E-state index is 12.0. The number of thiophene rings is 1. The van der Waals surface area contributed by atoms with Gasteiger partial charge in [0.1, 0.15) is 0 Å². The molecule has 0 bridgehead atoms. The quantitative estimate of drug-likeness (QED) is 0.567. The van der Waals surface area contributed by atoms with Gasteiger partial charge in [0.15, 0.2) is 0 Å². The fraction of sp³-hybridized carbons (Fsp3) is 0.0526. The highest BCUT2D eigenvalue weighted by atomic mass is 32.1. The largest absolute Gasteiger partial charge is 0.273 e. The molecule has 0 aliphatic rings. The van der Waals surface area contributed by atoms with Crippen molar-refractivity contribution in [3.8, 4) is 0 Å². The van der Waals surface area contributed by atoms with E-state index < -0.39 is 0 Å². The molecule has 0 aliphatic carbocycles. The predicted octanol–water partition coefficient (Wildman–Crippen LogP) is 3.30. The fourth-order valence-corrected chi connectivity index (χ4v) is 3.00. The number of carbonyl (C=O) groups excluding carboxylic acids is 2. The van der Waals surface area contributed by atoms with E-state index in [1.807, 2.05) is 60.0 Å². The van der Waals surface area contributed by atoms with Gasteiger partial charge < -0.3 is 0 Å². The van der Waals surface area contributed by atoms with Gasteiger partial charge in [-0.15, -0.1) is 11.3 Å². The summed E-state index contributed by atoms with van der Waals surface area (Å²) in [5.74, 6) is -0.626. The smallest absolute Gasteiger partial charge is 0.262 e. The Kier molecular flexibility index (Phi) is 5.03. The van der Waals surface area contributed by atoms with Crippen LogP contribution in [0.2, 0.25) is 0 Å². The first-order valence-electron chi connectivity index (χ1n) is 7.49. The lowest BCUT2D eigenvalue weighted by Gasteiger charge is -2.08. The van der Waals surface area contributed by atoms with Crippen LogP contribution < -0.4 is 10.9 Å². The molecule has 2 aromatic carbocycles. The Hall–Kier alpha value is -2.92. The molecule has 2 N–H and O–H groups in total. The van der Waals surface area contributed by atoms with Gasteiger partial charge in [-0.05, 0) is 33.9 Å². The van der Waals surface area contributed by atoms with Crippen LogP contribution >= 0.6 is 11.3 Å². The van der Waals surface area contributed by atoms with Gasteiger partial charge in [0, 0.05) is 11.0 Å². The lowest BCUT2D eigenvalue weighted by atomic mass is 10.0. The van der Waals surface area contributed by atoms with Crippen LogP contribution in [0.1, 0.15) is 10.4 Å². The topological polar surface area (TPSA) is 58.2 Å². The Morgan fingerprint density at radius 2 is 1.79 bits per heavy atom. The predicted molar refractivity (Wildman–Crippen MR) is 97.3 cm³/mol. The highest BCUT2D eigenvalue weighted by Crippen LogP contribution is 2.18. The lowest BCUT2D eigenvalue weighted by Crippen LogP contribution is -2.41. The SMILES string of the molecule is O=C(/C=C/c1cccs1)NNC(=O)Cc1cccc2ccccc12. The lowest BCUT2D eigenvalue weighted by molar-refractivity contribution is -0.126. The Morgan fingerprint density at radius 3 is 2.62 bits per heavy atom. The highest BCUT2D eigenvalue weighted by Gasteiger charge is 2.07. The van der Waals surface area contributed by atoms with Gasteiger partial charge in [0.2, 0.25) is 5.91 Å². The minimum atomic E-state index is -0.366. The van der Waals surface area contributed by atoms with E-state index in [1.54, 1.807) is 6.08 Å². The first-order chi connectivity index (χ1) is 11.7. The highest BCUT2D eigenvalue weighted by molar-refractivity contribution is 7.10. The molecule has 4 nitrogen and oxygen atoms in total. The van der Waals surface area contributed by atoms with Crippen LogP contribution in [0, 0.1) is 0 Å². The van der Waals surface area contributed by atoms with Gasteiger partial charge in [-0.3, -0.25) is 20.4 Å². The van der Waals surface area contributed by atoms with E-state index in [0.29, 0.717) is 0 Å². The average Bonchev–Trinajstić information content (AvgIpc) is 3.12. The van der Waals surface area contributed by atoms with E-state index in [0.717, 1.165) is 21.2 Å². The monoisotopic (exact) mass is 336 g/mol. The summed E-state index contributed by atoms with van der Waals surface area (Å²) in [6.45, 7) is 0. The van der Waals surface area contributed by atoms with E-state index in [-0.39, 0.29) is 18.2 Å². The summed E-state index contributed by atoms with van der Waals surface area (Å²) in [5.41, 5.74) is 5.76. The van der Waals surface area contributed by atoms with Crippen LogP contribution in [-0.4, -0.2) is 11.8 Å². The Balaban J connectivity index is 1.56. The number of hydrazine groups is 1. The number of nitrogens with one attached hydrogen (secondary N) is 2. The number of fused-ring (bicyclic) bond motifs is 1. The van der Waals surface area contributed by atoms with Crippen LogP contribution in [0.4, 0.5) is 0 Å². The van der Waals surface area contributed by atoms with Gasteiger partial charge in [0.25, 0.3) is 5.91 Å². The minimum absolute atomic E-state index is 0.205. The van der Waals surface area contributed by atoms with Gasteiger partial charge in [-0.2, -0.15) is 0 Å². The van der Waals surface area contributed by atoms with Gasteiger partial charge in [0.05, 0.1) is 6.42 Å². The van der Waals surface area contributed by atoms with Crippen molar-refractivity contribution >= 4 is 40.0 Å². The molecule has 3 aromatic rings. The van der Waals surface area contributed by atoms with Crippen LogP contribution in [-0.2, 0) is 16.0 Å². The molecule has 0 aliphatic heterocycles. The number of rotatable bonds is 4. The summed E-state index contributed by atoms with van der Waals surface area (Å²) >= 11 is 1.54. The summed E-state index contributed by atoms with van der Waals surface area (Å²) < 4.78 is 0. The average molecular weight is 336 g/mol. The van der Waals surface area contributed by atoms with Crippen molar-refractivity contribution in [2.45, 2.75) is 6.42 Å². The van der Waals surface area contributed by atoms with E-state index in [9.17, 15) is 9.59 Å². The molecule has 0 unspecified atom stereocenters. The molecule has 0 spiro atoms. The van der Waals surface area contributed by atoms with Gasteiger partial charge >= 0.3 is 0 Å². The Bertz CT molecular complexity index is 880. The number of hydrogen-bond acceptors (Lipinski definition) is 3. The summed E-state index contributed by atoms with van der Waals surface area (Å²) in [6.07, 6.45) is 3.30. The molecule has 2 amide bonds. The second kappa shape index (κ2) is 7.57. The van der Waals surface area contributed by atoms with E-state index in [1.165, 1.54) is 17.4 Å². The maximum absolute atomic E-state index is 12.0. The molecule has 0 atom stereocenters. The molecular weight excluding hydrogens is 320 g/mol. The molecule has 0 fully saturated rings. The summed E-state index contributed by atoms with van der Waals surface area (Å²) in [6, 6.07) is 17.6. The number of hydrogen-bond donors (Lipinski definition) is 2. The number of amides is 2. The molecule has 120 valence electrons. The molecule has 3 rings (SSSR count). The van der Waals surface area contributed by atoms with E-state index >= 15 is 0 Å². The Labute approximate surface area is 143 Å². The van der Waals surface area contributed by atoms with Crippen LogP contribution in [0.15, 0.2) is 66.1 Å². The first kappa shape index (κ1) is 16.0. The molecule has 1 heterocycles. The van der Waals surface area contributed by atoms with Crippen molar-refractivity contribution < 1.29 is 9.59 Å². The Morgan fingerprint density at radius 1 is 0.958 bits per heavy atom. The second-order valence-corrected chi connectivity index (χ2v) is 6.18. The van der Waals surface area contributed by atoms with Crippen molar-refractivity contribution in [3.63, 3.8) is 0 Å². The van der Waals surface area contributed by atoms with Gasteiger partial charge in [-0.1, -0.05) is 48.5 Å². The summed E-state index contributed by atoms with van der Waals surface area (Å²) in [7, 11) is 0. The zero-order chi connectivity index (χ0) is 16.8. The first-order valence-corrected chi connectivity index (χ1v) is 8.37. The zero-order valence-electron chi connectivity index (χ0n) is 12.9. The molecular formula is C19H16N2O2S. The third kappa shape index (κ3) is 4.08. The van der Waals surface area contributed by atoms with Crippen LogP contribution in [0.5, 0.6) is 0 Å². The minimum Gasteiger partial charge on any atom is -0.273 e. The van der Waals surface area contributed by atoms with Crippen molar-refractivity contribution in [2.75, 3.05) is 0 Å². The van der Waals surface area contributed by atoms with E-state index in [2.05, 4.69) is 10.9 Å². The summed E-state index contributed by atoms with van der Waals surface area (Å²) in [4.78, 5) is 24.7.